The van der Waals surface area contributed by atoms with Crippen LogP contribution in [0.4, 0.5) is 11.6 Å². The normalized spacial score (nSPS) is 9.76. The van der Waals surface area contributed by atoms with Crippen molar-refractivity contribution in [1.82, 2.24) is 15.3 Å². The zero-order valence-corrected chi connectivity index (χ0v) is 10.3. The van der Waals surface area contributed by atoms with E-state index in [1.807, 2.05) is 6.07 Å². The van der Waals surface area contributed by atoms with Crippen LogP contribution < -0.4 is 16.0 Å². The zero-order valence-electron chi connectivity index (χ0n) is 10.3. The van der Waals surface area contributed by atoms with E-state index in [0.29, 0.717) is 13.1 Å². The van der Waals surface area contributed by atoms with E-state index in [4.69, 9.17) is 0 Å². The molecule has 0 aromatic carbocycles. The average Bonchev–Trinajstić information content (AvgIpc) is 2.32. The van der Waals surface area contributed by atoms with Gasteiger partial charge in [0.1, 0.15) is 18.0 Å². The molecule has 1 amide bonds. The van der Waals surface area contributed by atoms with Crippen LogP contribution >= 0.6 is 0 Å². The predicted molar refractivity (Wildman–Crippen MR) is 68.0 cm³/mol. The molecule has 0 aliphatic rings. The Hall–Kier alpha value is -1.85. The molecule has 1 aromatic heterocycles. The summed E-state index contributed by atoms with van der Waals surface area (Å²) in [5.41, 5.74) is 0. The largest absolute Gasteiger partial charge is 0.370 e. The summed E-state index contributed by atoms with van der Waals surface area (Å²) in [4.78, 5) is 18.8. The van der Waals surface area contributed by atoms with Gasteiger partial charge in [-0.3, -0.25) is 4.79 Å². The van der Waals surface area contributed by atoms with E-state index in [2.05, 4.69) is 32.8 Å². The molecule has 1 rings (SSSR count). The quantitative estimate of drug-likeness (QED) is 0.613. The van der Waals surface area contributed by atoms with Crippen LogP contribution in [0, 0.1) is 0 Å². The number of carbonyl (C=O) groups excluding carboxylic acids is 1. The molecular formula is C11H19N5O. The lowest BCUT2D eigenvalue weighted by Gasteiger charge is -2.08. The van der Waals surface area contributed by atoms with Crippen LogP contribution in [0.2, 0.25) is 0 Å². The molecule has 0 bridgehead atoms. The number of hydrogen-bond acceptors (Lipinski definition) is 5. The Morgan fingerprint density at radius 2 is 1.82 bits per heavy atom. The Bertz CT molecular complexity index is 355. The van der Waals surface area contributed by atoms with Crippen molar-refractivity contribution in [3.05, 3.63) is 12.4 Å². The van der Waals surface area contributed by atoms with Gasteiger partial charge in [0.2, 0.25) is 5.91 Å². The molecule has 3 N–H and O–H groups in total. The van der Waals surface area contributed by atoms with Crippen LogP contribution in [0.5, 0.6) is 0 Å². The molecule has 1 aromatic rings. The van der Waals surface area contributed by atoms with Crippen molar-refractivity contribution >= 4 is 17.5 Å². The van der Waals surface area contributed by atoms with Crippen molar-refractivity contribution in [3.8, 4) is 0 Å². The summed E-state index contributed by atoms with van der Waals surface area (Å²) in [6, 6.07) is 1.85. The monoisotopic (exact) mass is 237 g/mol. The van der Waals surface area contributed by atoms with Gasteiger partial charge in [-0.05, 0) is 6.42 Å². The minimum atomic E-state index is -0.0280. The minimum absolute atomic E-state index is 0.0280. The summed E-state index contributed by atoms with van der Waals surface area (Å²) < 4.78 is 0. The summed E-state index contributed by atoms with van der Waals surface area (Å²) in [5.74, 6) is 1.53. The van der Waals surface area contributed by atoms with Crippen molar-refractivity contribution in [1.29, 1.82) is 0 Å². The number of carbonyl (C=O) groups is 1. The minimum Gasteiger partial charge on any atom is -0.370 e. The van der Waals surface area contributed by atoms with Crippen LogP contribution in [0.25, 0.3) is 0 Å². The second kappa shape index (κ2) is 7.43. The van der Waals surface area contributed by atoms with Crippen molar-refractivity contribution in [2.75, 3.05) is 30.3 Å². The van der Waals surface area contributed by atoms with E-state index in [9.17, 15) is 4.79 Å². The summed E-state index contributed by atoms with van der Waals surface area (Å²) >= 11 is 0. The first-order valence-electron chi connectivity index (χ1n) is 5.76. The Labute approximate surface area is 101 Å². The SMILES string of the molecule is CCCNc1cc(NCCNC(C)=O)ncn1. The molecule has 1 heterocycles. The zero-order chi connectivity index (χ0) is 12.5. The fourth-order valence-corrected chi connectivity index (χ4v) is 1.23. The van der Waals surface area contributed by atoms with Gasteiger partial charge in [0.05, 0.1) is 0 Å². The molecule has 0 unspecified atom stereocenters. The molecule has 0 aliphatic carbocycles. The third-order valence-electron chi connectivity index (χ3n) is 2.03. The van der Waals surface area contributed by atoms with Crippen molar-refractivity contribution in [3.63, 3.8) is 0 Å². The molecule has 6 heteroatoms. The lowest BCUT2D eigenvalue weighted by Crippen LogP contribution is -2.26. The average molecular weight is 237 g/mol. The summed E-state index contributed by atoms with van der Waals surface area (Å²) in [6.45, 7) is 5.71. The second-order valence-corrected chi connectivity index (χ2v) is 3.63. The van der Waals surface area contributed by atoms with Crippen LogP contribution in [0.15, 0.2) is 12.4 Å². The summed E-state index contributed by atoms with van der Waals surface area (Å²) in [5, 5.41) is 9.00. The van der Waals surface area contributed by atoms with Crippen molar-refractivity contribution < 1.29 is 4.79 Å². The smallest absolute Gasteiger partial charge is 0.216 e. The number of anilines is 2. The van der Waals surface area contributed by atoms with Gasteiger partial charge in [0.25, 0.3) is 0 Å². The highest BCUT2D eigenvalue weighted by Crippen LogP contribution is 2.07. The molecular weight excluding hydrogens is 218 g/mol. The van der Waals surface area contributed by atoms with E-state index in [-0.39, 0.29) is 5.91 Å². The van der Waals surface area contributed by atoms with Gasteiger partial charge in [0.15, 0.2) is 0 Å². The standard InChI is InChI=1S/C11H19N5O/c1-3-4-13-10-7-11(16-8-15-10)14-6-5-12-9(2)17/h7-8H,3-6H2,1-2H3,(H,12,17)(H2,13,14,15,16). The first kappa shape index (κ1) is 13.2. The maximum atomic E-state index is 10.7. The molecule has 17 heavy (non-hydrogen) atoms. The van der Waals surface area contributed by atoms with Gasteiger partial charge >= 0.3 is 0 Å². The predicted octanol–water partition coefficient (Wildman–Crippen LogP) is 0.846. The number of aromatic nitrogens is 2. The molecule has 0 aliphatic heterocycles. The van der Waals surface area contributed by atoms with E-state index in [0.717, 1.165) is 24.6 Å². The molecule has 6 nitrogen and oxygen atoms in total. The maximum absolute atomic E-state index is 10.7. The molecule has 0 fully saturated rings. The van der Waals surface area contributed by atoms with Crippen LogP contribution in [-0.4, -0.2) is 35.5 Å². The van der Waals surface area contributed by atoms with E-state index in [1.54, 1.807) is 0 Å². The molecule has 0 atom stereocenters. The van der Waals surface area contributed by atoms with E-state index < -0.39 is 0 Å². The Morgan fingerprint density at radius 3 is 2.41 bits per heavy atom. The van der Waals surface area contributed by atoms with Crippen LogP contribution in [0.3, 0.4) is 0 Å². The highest BCUT2D eigenvalue weighted by Gasteiger charge is 1.97. The van der Waals surface area contributed by atoms with Gasteiger partial charge in [-0.25, -0.2) is 9.97 Å². The molecule has 0 spiro atoms. The maximum Gasteiger partial charge on any atom is 0.216 e. The fourth-order valence-electron chi connectivity index (χ4n) is 1.23. The van der Waals surface area contributed by atoms with Gasteiger partial charge in [-0.1, -0.05) is 6.92 Å². The molecule has 0 saturated heterocycles. The molecule has 0 radical (unpaired) electrons. The van der Waals surface area contributed by atoms with Gasteiger partial charge < -0.3 is 16.0 Å². The third-order valence-corrected chi connectivity index (χ3v) is 2.03. The topological polar surface area (TPSA) is 78.9 Å². The summed E-state index contributed by atoms with van der Waals surface area (Å²) in [7, 11) is 0. The lowest BCUT2D eigenvalue weighted by molar-refractivity contribution is -0.118. The Kier molecular flexibility index (Phi) is 5.77. The fraction of sp³-hybridized carbons (Fsp3) is 0.545. The second-order valence-electron chi connectivity index (χ2n) is 3.63. The number of hydrogen-bond donors (Lipinski definition) is 3. The molecule has 0 saturated carbocycles. The van der Waals surface area contributed by atoms with Crippen LogP contribution in [-0.2, 0) is 4.79 Å². The number of amides is 1. The highest BCUT2D eigenvalue weighted by atomic mass is 16.1. The van der Waals surface area contributed by atoms with Gasteiger partial charge in [0, 0.05) is 32.6 Å². The van der Waals surface area contributed by atoms with Crippen molar-refractivity contribution in [2.45, 2.75) is 20.3 Å². The molecule has 94 valence electrons. The lowest BCUT2D eigenvalue weighted by atomic mass is 10.4. The third kappa shape index (κ3) is 5.70. The van der Waals surface area contributed by atoms with Crippen LogP contribution in [0.1, 0.15) is 20.3 Å². The van der Waals surface area contributed by atoms with Gasteiger partial charge in [-0.2, -0.15) is 0 Å². The summed E-state index contributed by atoms with van der Waals surface area (Å²) in [6.07, 6.45) is 2.56. The number of nitrogens with zero attached hydrogens (tertiary/aromatic N) is 2. The Balaban J connectivity index is 2.34. The van der Waals surface area contributed by atoms with Crippen molar-refractivity contribution in [2.24, 2.45) is 0 Å². The van der Waals surface area contributed by atoms with E-state index in [1.165, 1.54) is 13.3 Å². The van der Waals surface area contributed by atoms with E-state index >= 15 is 0 Å². The first-order valence-corrected chi connectivity index (χ1v) is 5.76. The van der Waals surface area contributed by atoms with Gasteiger partial charge in [-0.15, -0.1) is 0 Å². The first-order chi connectivity index (χ1) is 8.22. The number of nitrogens with one attached hydrogen (secondary N) is 3. The highest BCUT2D eigenvalue weighted by molar-refractivity contribution is 5.72. The Morgan fingerprint density at radius 1 is 1.18 bits per heavy atom. The number of rotatable bonds is 7.